The van der Waals surface area contributed by atoms with Gasteiger partial charge in [-0.15, -0.1) is 11.3 Å². The zero-order chi connectivity index (χ0) is 14.5. The lowest BCUT2D eigenvalue weighted by molar-refractivity contribution is -0.122. The number of thiocarbonyl (C=S) groups is 1. The average molecular weight is 323 g/mol. The second-order valence-corrected chi connectivity index (χ2v) is 6.92. The third-order valence-electron chi connectivity index (χ3n) is 1.87. The van der Waals surface area contributed by atoms with Crippen molar-refractivity contribution in [2.24, 2.45) is 11.5 Å². The average Bonchev–Trinajstić information content (AvgIpc) is 2.77. The molecule has 0 atom stereocenters. The number of hydrogen-bond donors (Lipinski definition) is 3. The van der Waals surface area contributed by atoms with Crippen LogP contribution < -0.4 is 16.2 Å². The number of carbonyl (C=O) groups is 1. The molecule has 0 aliphatic carbocycles. The van der Waals surface area contributed by atoms with Gasteiger partial charge in [-0.1, -0.05) is 12.2 Å². The maximum atomic E-state index is 11.8. The minimum Gasteiger partial charge on any atom is -0.389 e. The molecule has 1 amide bonds. The highest BCUT2D eigenvalue weighted by Gasteiger charge is 2.16. The first kappa shape index (κ1) is 16.0. The minimum absolute atomic E-state index is 0.0376. The van der Waals surface area contributed by atoms with E-state index in [1.807, 2.05) is 0 Å². The zero-order valence-corrected chi connectivity index (χ0v) is 12.2. The smallest absolute Gasteiger partial charge is 0.250 e. The summed E-state index contributed by atoms with van der Waals surface area (Å²) < 4.78 is 30.9. The Balaban J connectivity index is 2.51. The van der Waals surface area contributed by atoms with Gasteiger partial charge in [-0.25, -0.2) is 13.1 Å². The van der Waals surface area contributed by atoms with Crippen LogP contribution in [0.15, 0.2) is 16.3 Å². The van der Waals surface area contributed by atoms with Crippen molar-refractivity contribution >= 4 is 44.5 Å². The first-order valence-corrected chi connectivity index (χ1v) is 7.79. The van der Waals surface area contributed by atoms with E-state index in [2.05, 4.69) is 4.72 Å². The topological polar surface area (TPSA) is 125 Å². The van der Waals surface area contributed by atoms with Crippen molar-refractivity contribution in [3.05, 3.63) is 17.0 Å². The fourth-order valence-electron chi connectivity index (χ4n) is 1.09. The van der Waals surface area contributed by atoms with Gasteiger partial charge in [0.2, 0.25) is 15.9 Å². The van der Waals surface area contributed by atoms with E-state index in [1.54, 1.807) is 6.07 Å². The van der Waals surface area contributed by atoms with Gasteiger partial charge in [0.1, 0.15) is 15.8 Å². The Morgan fingerprint density at radius 3 is 2.63 bits per heavy atom. The fourth-order valence-corrected chi connectivity index (χ4v) is 3.50. The lowest BCUT2D eigenvalue weighted by Gasteiger charge is -2.04. The van der Waals surface area contributed by atoms with Crippen LogP contribution in [0.5, 0.6) is 0 Å². The molecular weight excluding hydrogens is 310 g/mol. The summed E-state index contributed by atoms with van der Waals surface area (Å²) >= 11 is 5.74. The van der Waals surface area contributed by atoms with Crippen molar-refractivity contribution in [1.29, 1.82) is 0 Å². The Kier molecular flexibility index (Phi) is 5.82. The third kappa shape index (κ3) is 5.20. The van der Waals surface area contributed by atoms with Crippen molar-refractivity contribution in [2.45, 2.75) is 4.21 Å². The van der Waals surface area contributed by atoms with Crippen LogP contribution in [0.25, 0.3) is 0 Å². The molecule has 0 unspecified atom stereocenters. The molecule has 0 aliphatic rings. The number of sulfonamides is 1. The molecule has 1 heterocycles. The number of amides is 1. The summed E-state index contributed by atoms with van der Waals surface area (Å²) in [5, 5.41) is 0. The van der Waals surface area contributed by atoms with Crippen LogP contribution in [0.2, 0.25) is 0 Å². The number of nitrogens with two attached hydrogens (primary N) is 2. The summed E-state index contributed by atoms with van der Waals surface area (Å²) in [6.45, 7) is -0.155. The van der Waals surface area contributed by atoms with E-state index in [9.17, 15) is 13.2 Å². The SMILES string of the molecule is NC(=O)COCCNS(=O)(=O)c1ccc(C(N)=S)s1. The molecule has 0 saturated heterocycles. The lowest BCUT2D eigenvalue weighted by Crippen LogP contribution is -2.28. The van der Waals surface area contributed by atoms with Crippen molar-refractivity contribution in [3.8, 4) is 0 Å². The van der Waals surface area contributed by atoms with Crippen molar-refractivity contribution in [1.82, 2.24) is 4.72 Å². The number of hydrogen-bond acceptors (Lipinski definition) is 6. The molecule has 10 heteroatoms. The maximum absolute atomic E-state index is 11.8. The molecule has 0 spiro atoms. The number of nitrogens with one attached hydrogen (secondary N) is 1. The van der Waals surface area contributed by atoms with Gasteiger partial charge in [0, 0.05) is 6.54 Å². The molecule has 0 saturated carbocycles. The number of thiophene rings is 1. The molecule has 5 N–H and O–H groups in total. The maximum Gasteiger partial charge on any atom is 0.250 e. The predicted octanol–water partition coefficient (Wildman–Crippen LogP) is -0.837. The van der Waals surface area contributed by atoms with Gasteiger partial charge >= 0.3 is 0 Å². The first-order valence-electron chi connectivity index (χ1n) is 5.08. The molecule has 0 fully saturated rings. The van der Waals surface area contributed by atoms with E-state index in [0.717, 1.165) is 11.3 Å². The molecule has 0 radical (unpaired) electrons. The van der Waals surface area contributed by atoms with Crippen LogP contribution in [0.4, 0.5) is 0 Å². The summed E-state index contributed by atoms with van der Waals surface area (Å²) in [5.41, 5.74) is 10.3. The Morgan fingerprint density at radius 1 is 1.42 bits per heavy atom. The molecule has 19 heavy (non-hydrogen) atoms. The first-order chi connectivity index (χ1) is 8.83. The Hall–Kier alpha value is -1.07. The number of primary amides is 1. The van der Waals surface area contributed by atoms with Crippen molar-refractivity contribution < 1.29 is 17.9 Å². The molecule has 1 aromatic rings. The summed E-state index contributed by atoms with van der Waals surface area (Å²) in [4.78, 5) is 11.1. The highest BCUT2D eigenvalue weighted by molar-refractivity contribution is 7.91. The van der Waals surface area contributed by atoms with Crippen LogP contribution in [0, 0.1) is 0 Å². The minimum atomic E-state index is -3.62. The van der Waals surface area contributed by atoms with Gasteiger partial charge < -0.3 is 16.2 Å². The van der Waals surface area contributed by atoms with Gasteiger partial charge in [0.05, 0.1) is 11.5 Å². The number of ether oxygens (including phenoxy) is 1. The zero-order valence-electron chi connectivity index (χ0n) is 9.79. The van der Waals surface area contributed by atoms with Crippen LogP contribution in [-0.2, 0) is 19.6 Å². The summed E-state index contributed by atoms with van der Waals surface area (Å²) in [7, 11) is -3.62. The molecule has 106 valence electrons. The van der Waals surface area contributed by atoms with Crippen LogP contribution in [-0.4, -0.2) is 39.1 Å². The van der Waals surface area contributed by atoms with Gasteiger partial charge in [0.15, 0.2) is 0 Å². The Bertz CT molecular complexity index is 567. The predicted molar refractivity (Wildman–Crippen MR) is 75.4 cm³/mol. The Labute approximate surface area is 120 Å². The van der Waals surface area contributed by atoms with Gasteiger partial charge in [-0.2, -0.15) is 0 Å². The summed E-state index contributed by atoms with van der Waals surface area (Å²) in [6.07, 6.45) is 0. The standard InChI is InChI=1S/C9H13N3O4S3/c10-7(13)5-16-4-3-12-19(14,15)8-2-1-6(18-8)9(11)17/h1-2,12H,3-5H2,(H2,10,13)(H2,11,17). The third-order valence-corrected chi connectivity index (χ3v) is 5.29. The molecule has 1 rings (SSSR count). The highest BCUT2D eigenvalue weighted by atomic mass is 32.2. The van der Waals surface area contributed by atoms with E-state index in [0.29, 0.717) is 4.88 Å². The van der Waals surface area contributed by atoms with Crippen molar-refractivity contribution in [3.63, 3.8) is 0 Å². The van der Waals surface area contributed by atoms with Gasteiger partial charge in [0.25, 0.3) is 0 Å². The second kappa shape index (κ2) is 6.91. The van der Waals surface area contributed by atoms with E-state index in [1.165, 1.54) is 6.07 Å². The monoisotopic (exact) mass is 323 g/mol. The van der Waals surface area contributed by atoms with E-state index < -0.39 is 15.9 Å². The summed E-state index contributed by atoms with van der Waals surface area (Å²) in [6, 6.07) is 2.97. The van der Waals surface area contributed by atoms with Gasteiger partial charge in [-0.05, 0) is 12.1 Å². The lowest BCUT2D eigenvalue weighted by atomic mass is 10.5. The molecule has 0 bridgehead atoms. The number of carbonyl (C=O) groups excluding carboxylic acids is 1. The van der Waals surface area contributed by atoms with E-state index >= 15 is 0 Å². The highest BCUT2D eigenvalue weighted by Crippen LogP contribution is 2.21. The quantitative estimate of drug-likeness (QED) is 0.423. The molecule has 0 aliphatic heterocycles. The van der Waals surface area contributed by atoms with E-state index in [4.69, 9.17) is 28.4 Å². The van der Waals surface area contributed by atoms with Crippen LogP contribution in [0.3, 0.4) is 0 Å². The van der Waals surface area contributed by atoms with Crippen molar-refractivity contribution in [2.75, 3.05) is 19.8 Å². The normalized spacial score (nSPS) is 11.4. The van der Waals surface area contributed by atoms with Crippen LogP contribution in [0.1, 0.15) is 4.88 Å². The number of rotatable bonds is 8. The fraction of sp³-hybridized carbons (Fsp3) is 0.333. The largest absolute Gasteiger partial charge is 0.389 e. The Morgan fingerprint density at radius 2 is 2.11 bits per heavy atom. The second-order valence-electron chi connectivity index (χ2n) is 3.40. The molecule has 7 nitrogen and oxygen atoms in total. The molecule has 1 aromatic heterocycles. The van der Waals surface area contributed by atoms with E-state index in [-0.39, 0.29) is 29.0 Å². The summed E-state index contributed by atoms with van der Waals surface area (Å²) in [5.74, 6) is -0.609. The van der Waals surface area contributed by atoms with Crippen LogP contribution >= 0.6 is 23.6 Å². The molecule has 0 aromatic carbocycles. The molecular formula is C9H13N3O4S3. The van der Waals surface area contributed by atoms with Gasteiger partial charge in [-0.3, -0.25) is 4.79 Å².